The number of ether oxygens (including phenoxy) is 1. The summed E-state index contributed by atoms with van der Waals surface area (Å²) < 4.78 is 29.0. The molecule has 5 nitrogen and oxygen atoms in total. The lowest BCUT2D eigenvalue weighted by molar-refractivity contribution is -0.120. The molecule has 0 unspecified atom stereocenters. The first-order valence-corrected chi connectivity index (χ1v) is 8.83. The fraction of sp³-hybridized carbons (Fsp3) is 0.533. The number of rotatable bonds is 9. The van der Waals surface area contributed by atoms with Crippen LogP contribution in [0, 0.1) is 0 Å². The number of nitrogens with one attached hydrogen (secondary N) is 1. The van der Waals surface area contributed by atoms with E-state index in [1.54, 1.807) is 38.4 Å². The van der Waals surface area contributed by atoms with Crippen molar-refractivity contribution in [2.24, 2.45) is 0 Å². The average Bonchev–Trinajstić information content (AvgIpc) is 2.47. The summed E-state index contributed by atoms with van der Waals surface area (Å²) in [5, 5.41) is 2.55. The largest absolute Gasteiger partial charge is 0.497 e. The molecule has 0 bridgehead atoms. The lowest BCUT2D eigenvalue weighted by Crippen LogP contribution is -2.17. The Hall–Kier alpha value is -1.56. The molecule has 1 amide bonds. The van der Waals surface area contributed by atoms with Gasteiger partial charge in [-0.05, 0) is 30.5 Å². The van der Waals surface area contributed by atoms with E-state index in [0.717, 1.165) is 18.4 Å². The Morgan fingerprint density at radius 3 is 2.38 bits per heavy atom. The van der Waals surface area contributed by atoms with Crippen LogP contribution in [0.25, 0.3) is 0 Å². The first-order chi connectivity index (χ1) is 9.96. The van der Waals surface area contributed by atoms with Gasteiger partial charge in [-0.25, -0.2) is 8.42 Å². The number of carbonyl (C=O) groups excluding carboxylic acids is 1. The standard InChI is InChI=1S/C15H23NO4S/c1-16-15(17)6-4-3-5-11-21(18,19)12-13-7-9-14(20-2)10-8-13/h7-10H,3-6,11-12H2,1-2H3,(H,16,17). The van der Waals surface area contributed by atoms with E-state index in [4.69, 9.17) is 4.74 Å². The van der Waals surface area contributed by atoms with Crippen molar-refractivity contribution in [1.82, 2.24) is 5.32 Å². The number of benzene rings is 1. The number of sulfone groups is 1. The second kappa shape index (κ2) is 8.67. The summed E-state index contributed by atoms with van der Waals surface area (Å²) in [4.78, 5) is 11.0. The molecule has 0 aromatic heterocycles. The molecule has 0 aliphatic carbocycles. The molecule has 0 spiro atoms. The molecular weight excluding hydrogens is 290 g/mol. The van der Waals surface area contributed by atoms with Gasteiger partial charge in [0, 0.05) is 13.5 Å². The Morgan fingerprint density at radius 2 is 1.81 bits per heavy atom. The number of carbonyl (C=O) groups is 1. The molecule has 118 valence electrons. The third-order valence-electron chi connectivity index (χ3n) is 3.18. The predicted octanol–water partition coefficient (Wildman–Crippen LogP) is 1.92. The van der Waals surface area contributed by atoms with Crippen LogP contribution in [0.5, 0.6) is 5.75 Å². The third kappa shape index (κ3) is 7.13. The van der Waals surface area contributed by atoms with Crippen molar-refractivity contribution in [2.45, 2.75) is 31.4 Å². The van der Waals surface area contributed by atoms with Gasteiger partial charge in [0.2, 0.25) is 5.91 Å². The summed E-state index contributed by atoms with van der Waals surface area (Å²) in [7, 11) is 0.0710. The molecule has 1 aromatic carbocycles. The van der Waals surface area contributed by atoms with E-state index in [-0.39, 0.29) is 17.4 Å². The van der Waals surface area contributed by atoms with Crippen molar-refractivity contribution >= 4 is 15.7 Å². The van der Waals surface area contributed by atoms with E-state index in [0.29, 0.717) is 18.6 Å². The van der Waals surface area contributed by atoms with Crippen LogP contribution in [0.4, 0.5) is 0 Å². The van der Waals surface area contributed by atoms with E-state index < -0.39 is 9.84 Å². The van der Waals surface area contributed by atoms with Crippen molar-refractivity contribution in [3.63, 3.8) is 0 Å². The SMILES string of the molecule is CNC(=O)CCCCCS(=O)(=O)Cc1ccc(OC)cc1. The number of unbranched alkanes of at least 4 members (excludes halogenated alkanes) is 2. The highest BCUT2D eigenvalue weighted by Crippen LogP contribution is 2.14. The van der Waals surface area contributed by atoms with Crippen LogP contribution in [0.2, 0.25) is 0 Å². The van der Waals surface area contributed by atoms with Crippen molar-refractivity contribution in [3.8, 4) is 5.75 Å². The molecule has 1 rings (SSSR count). The van der Waals surface area contributed by atoms with Gasteiger partial charge in [0.15, 0.2) is 9.84 Å². The van der Waals surface area contributed by atoms with E-state index in [2.05, 4.69) is 5.32 Å². The first-order valence-electron chi connectivity index (χ1n) is 7.01. The number of hydrogen-bond donors (Lipinski definition) is 1. The van der Waals surface area contributed by atoms with Gasteiger partial charge in [0.1, 0.15) is 5.75 Å². The Balaban J connectivity index is 2.34. The molecule has 0 fully saturated rings. The number of amides is 1. The normalized spacial score (nSPS) is 11.1. The van der Waals surface area contributed by atoms with E-state index in [1.165, 1.54) is 0 Å². The molecule has 0 aliphatic rings. The molecule has 1 aromatic rings. The maximum atomic E-state index is 12.0. The highest BCUT2D eigenvalue weighted by molar-refractivity contribution is 7.90. The molecule has 1 N–H and O–H groups in total. The minimum Gasteiger partial charge on any atom is -0.497 e. The minimum atomic E-state index is -3.10. The topological polar surface area (TPSA) is 72.5 Å². The van der Waals surface area contributed by atoms with Crippen LogP contribution < -0.4 is 10.1 Å². The van der Waals surface area contributed by atoms with Crippen molar-refractivity contribution in [1.29, 1.82) is 0 Å². The van der Waals surface area contributed by atoms with Gasteiger partial charge in [-0.1, -0.05) is 18.6 Å². The summed E-state index contributed by atoms with van der Waals surface area (Å²) in [5.41, 5.74) is 0.765. The first kappa shape index (κ1) is 17.5. The van der Waals surface area contributed by atoms with Gasteiger partial charge in [-0.15, -0.1) is 0 Å². The fourth-order valence-corrected chi connectivity index (χ4v) is 3.45. The zero-order valence-electron chi connectivity index (χ0n) is 12.6. The average molecular weight is 313 g/mol. The van der Waals surface area contributed by atoms with Crippen molar-refractivity contribution in [2.75, 3.05) is 19.9 Å². The van der Waals surface area contributed by atoms with Gasteiger partial charge in [-0.3, -0.25) is 4.79 Å². The summed E-state index contributed by atoms with van der Waals surface area (Å²) in [6.07, 6.45) is 2.51. The lowest BCUT2D eigenvalue weighted by atomic mass is 10.2. The van der Waals surface area contributed by atoms with Gasteiger partial charge < -0.3 is 10.1 Å². The molecule has 6 heteroatoms. The Labute approximate surface area is 126 Å². The van der Waals surface area contributed by atoms with Crippen molar-refractivity contribution < 1.29 is 17.9 Å². The highest BCUT2D eigenvalue weighted by atomic mass is 32.2. The van der Waals surface area contributed by atoms with Crippen LogP contribution in [-0.2, 0) is 20.4 Å². The van der Waals surface area contributed by atoms with Gasteiger partial charge in [0.25, 0.3) is 0 Å². The number of methoxy groups -OCH3 is 1. The fourth-order valence-electron chi connectivity index (χ4n) is 1.96. The Morgan fingerprint density at radius 1 is 1.14 bits per heavy atom. The van der Waals surface area contributed by atoms with Crippen molar-refractivity contribution in [3.05, 3.63) is 29.8 Å². The lowest BCUT2D eigenvalue weighted by Gasteiger charge is -2.06. The van der Waals surface area contributed by atoms with Gasteiger partial charge in [0.05, 0.1) is 18.6 Å². The van der Waals surface area contributed by atoms with Crippen LogP contribution in [-0.4, -0.2) is 34.2 Å². The quantitative estimate of drug-likeness (QED) is 0.707. The highest BCUT2D eigenvalue weighted by Gasteiger charge is 2.12. The molecule has 0 saturated carbocycles. The minimum absolute atomic E-state index is 0.00362. The summed E-state index contributed by atoms with van der Waals surface area (Å²) in [5.74, 6) is 0.917. The molecule has 21 heavy (non-hydrogen) atoms. The summed E-state index contributed by atoms with van der Waals surface area (Å²) in [6.45, 7) is 0. The summed E-state index contributed by atoms with van der Waals surface area (Å²) in [6, 6.07) is 7.05. The Bertz CT molecular complexity index is 537. The molecule has 0 saturated heterocycles. The van der Waals surface area contributed by atoms with E-state index in [9.17, 15) is 13.2 Å². The van der Waals surface area contributed by atoms with Crippen LogP contribution in [0.15, 0.2) is 24.3 Å². The maximum absolute atomic E-state index is 12.0. The zero-order chi connectivity index (χ0) is 15.7. The van der Waals surface area contributed by atoms with Gasteiger partial charge >= 0.3 is 0 Å². The molecule has 0 radical (unpaired) electrons. The number of hydrogen-bond acceptors (Lipinski definition) is 4. The maximum Gasteiger partial charge on any atom is 0.219 e. The van der Waals surface area contributed by atoms with E-state index in [1.807, 2.05) is 0 Å². The van der Waals surface area contributed by atoms with Gasteiger partial charge in [-0.2, -0.15) is 0 Å². The second-order valence-electron chi connectivity index (χ2n) is 4.92. The molecule has 0 aliphatic heterocycles. The third-order valence-corrected chi connectivity index (χ3v) is 4.87. The second-order valence-corrected chi connectivity index (χ2v) is 7.11. The van der Waals surface area contributed by atoms with Crippen LogP contribution >= 0.6 is 0 Å². The molecule has 0 atom stereocenters. The predicted molar refractivity (Wildman–Crippen MR) is 83.0 cm³/mol. The smallest absolute Gasteiger partial charge is 0.219 e. The monoisotopic (exact) mass is 313 g/mol. The molecule has 0 heterocycles. The van der Waals surface area contributed by atoms with Crippen LogP contribution in [0.3, 0.4) is 0 Å². The zero-order valence-corrected chi connectivity index (χ0v) is 13.4. The Kier molecular flexibility index (Phi) is 7.22. The molecular formula is C15H23NO4S. The van der Waals surface area contributed by atoms with E-state index >= 15 is 0 Å². The summed E-state index contributed by atoms with van der Waals surface area (Å²) >= 11 is 0. The van der Waals surface area contributed by atoms with Crippen LogP contribution in [0.1, 0.15) is 31.2 Å².